The molecule has 33 heavy (non-hydrogen) atoms. The Balaban J connectivity index is 1.43. The number of carbonyl (C=O) groups is 3. The first-order chi connectivity index (χ1) is 15.6. The van der Waals surface area contributed by atoms with Crippen LogP contribution < -0.4 is 0 Å². The van der Waals surface area contributed by atoms with Crippen molar-refractivity contribution in [2.24, 2.45) is 28.6 Å². The Labute approximate surface area is 198 Å². The van der Waals surface area contributed by atoms with Gasteiger partial charge in [-0.05, 0) is 56.2 Å². The molecule has 174 valence electrons. The van der Waals surface area contributed by atoms with Crippen molar-refractivity contribution in [2.45, 2.75) is 63.8 Å². The van der Waals surface area contributed by atoms with Crippen molar-refractivity contribution in [1.29, 1.82) is 0 Å². The number of epoxide rings is 1. The van der Waals surface area contributed by atoms with Gasteiger partial charge in [-0.15, -0.1) is 12.6 Å². The number of furan rings is 1. The number of ether oxygens (including phenoxy) is 2. The SMILES string of the molecule is C[C@@H]1CC2C3CC=C4CC(=O)C=C[C@]4(C)[C@@]34O[C@H]4C[C@]2(C)[C@@]1(OC(=O)c1ccco1)C(=O)S. The quantitative estimate of drug-likeness (QED) is 0.308. The van der Waals surface area contributed by atoms with Gasteiger partial charge in [-0.3, -0.25) is 9.59 Å². The first kappa shape index (κ1) is 21.4. The number of thiol groups is 1. The van der Waals surface area contributed by atoms with Crippen LogP contribution in [0, 0.1) is 28.6 Å². The molecule has 0 N–H and O–H groups in total. The van der Waals surface area contributed by atoms with Gasteiger partial charge >= 0.3 is 5.97 Å². The summed E-state index contributed by atoms with van der Waals surface area (Å²) < 4.78 is 17.9. The summed E-state index contributed by atoms with van der Waals surface area (Å²) in [5, 5.41) is -0.422. The molecule has 4 aliphatic carbocycles. The summed E-state index contributed by atoms with van der Waals surface area (Å²) in [7, 11) is 0. The van der Waals surface area contributed by atoms with Gasteiger partial charge in [0, 0.05) is 23.2 Å². The van der Waals surface area contributed by atoms with E-state index in [1.807, 2.05) is 13.0 Å². The van der Waals surface area contributed by atoms with E-state index in [1.165, 1.54) is 6.26 Å². The normalized spacial score (nSPS) is 47.0. The van der Waals surface area contributed by atoms with Crippen molar-refractivity contribution in [3.63, 3.8) is 0 Å². The second kappa shape index (κ2) is 6.51. The third-order valence-corrected chi connectivity index (χ3v) is 10.1. The van der Waals surface area contributed by atoms with Crippen LogP contribution in [0.3, 0.4) is 0 Å². The molecule has 1 aliphatic heterocycles. The maximum Gasteiger partial charge on any atom is 0.375 e. The van der Waals surface area contributed by atoms with Crippen molar-refractivity contribution in [3.05, 3.63) is 48.0 Å². The van der Waals surface area contributed by atoms with Crippen molar-refractivity contribution >= 4 is 29.5 Å². The van der Waals surface area contributed by atoms with Crippen molar-refractivity contribution in [1.82, 2.24) is 0 Å². The lowest BCUT2D eigenvalue weighted by atomic mass is 9.47. The van der Waals surface area contributed by atoms with E-state index < -0.39 is 22.1 Å². The molecule has 1 spiro atoms. The van der Waals surface area contributed by atoms with Crippen molar-refractivity contribution in [3.8, 4) is 0 Å². The largest absolute Gasteiger partial charge is 0.457 e. The number of fused-ring (bicyclic) bond motifs is 3. The number of carbonyl (C=O) groups excluding carboxylic acids is 3. The zero-order valence-electron chi connectivity index (χ0n) is 19.0. The van der Waals surface area contributed by atoms with Crippen LogP contribution in [0.1, 0.15) is 57.0 Å². The molecule has 0 bridgehead atoms. The van der Waals surface area contributed by atoms with E-state index in [2.05, 4.69) is 32.6 Å². The van der Waals surface area contributed by atoms with E-state index in [-0.39, 0.29) is 46.4 Å². The van der Waals surface area contributed by atoms with Gasteiger partial charge in [0.2, 0.25) is 10.9 Å². The number of allylic oxidation sites excluding steroid dienone is 2. The molecular formula is C26H28O6S. The molecular weight excluding hydrogens is 440 g/mol. The van der Waals surface area contributed by atoms with Gasteiger partial charge in [-0.2, -0.15) is 0 Å². The molecule has 0 amide bonds. The standard InChI is InChI=1S/C26H28O6S/c1-14-11-18-17-7-6-15-12-16(27)8-9-23(15,2)26(17)20(31-26)13-24(18,3)25(14,22(29)33)32-21(28)19-5-4-10-30-19/h4-6,8-10,14,17-18,20H,7,11-13H2,1-3H3,(H,29,33)/t14-,17?,18?,20+,23+,24+,25+,26-/m1/s1. The van der Waals surface area contributed by atoms with Crippen LogP contribution >= 0.6 is 12.6 Å². The Bertz CT molecular complexity index is 1140. The molecule has 1 aromatic heterocycles. The van der Waals surface area contributed by atoms with Gasteiger partial charge in [0.1, 0.15) is 5.60 Å². The minimum absolute atomic E-state index is 0.0741. The summed E-state index contributed by atoms with van der Waals surface area (Å²) >= 11 is 4.29. The second-order valence-electron chi connectivity index (χ2n) is 10.9. The average Bonchev–Trinajstić information content (AvgIpc) is 3.14. The zero-order chi connectivity index (χ0) is 23.4. The lowest BCUT2D eigenvalue weighted by Gasteiger charge is -2.55. The molecule has 6 rings (SSSR count). The van der Waals surface area contributed by atoms with Gasteiger partial charge in [-0.1, -0.05) is 31.6 Å². The average molecular weight is 469 g/mol. The van der Waals surface area contributed by atoms with Gasteiger partial charge in [-0.25, -0.2) is 4.79 Å². The number of ketones is 1. The van der Waals surface area contributed by atoms with E-state index in [1.54, 1.807) is 18.2 Å². The highest BCUT2D eigenvalue weighted by atomic mass is 32.1. The molecule has 2 saturated carbocycles. The minimum atomic E-state index is -1.37. The summed E-state index contributed by atoms with van der Waals surface area (Å²) in [6.07, 6.45) is 9.85. The van der Waals surface area contributed by atoms with Crippen LogP contribution in [0.5, 0.6) is 0 Å². The van der Waals surface area contributed by atoms with Gasteiger partial charge in [0.05, 0.1) is 12.4 Å². The number of hydrogen-bond donors (Lipinski definition) is 1. The van der Waals surface area contributed by atoms with Crippen LogP contribution in [0.4, 0.5) is 0 Å². The topological polar surface area (TPSA) is 86.1 Å². The molecule has 1 aromatic rings. The first-order valence-corrected chi connectivity index (χ1v) is 12.1. The second-order valence-corrected chi connectivity index (χ2v) is 11.3. The van der Waals surface area contributed by atoms with Crippen LogP contribution in [-0.4, -0.2) is 34.2 Å². The Morgan fingerprint density at radius 2 is 2.03 bits per heavy atom. The monoisotopic (exact) mass is 468 g/mol. The third-order valence-electron chi connectivity index (χ3n) is 9.73. The highest BCUT2D eigenvalue weighted by molar-refractivity contribution is 7.96. The fraction of sp³-hybridized carbons (Fsp3) is 0.577. The predicted octanol–water partition coefficient (Wildman–Crippen LogP) is 4.32. The van der Waals surface area contributed by atoms with E-state index >= 15 is 0 Å². The lowest BCUT2D eigenvalue weighted by Crippen LogP contribution is -2.62. The Hall–Kier alpha value is -2.12. The zero-order valence-corrected chi connectivity index (χ0v) is 19.9. The third kappa shape index (κ3) is 2.38. The molecule has 2 unspecified atom stereocenters. The summed E-state index contributed by atoms with van der Waals surface area (Å²) in [6.45, 7) is 6.23. The molecule has 5 aliphatic rings. The number of rotatable bonds is 3. The van der Waals surface area contributed by atoms with Crippen LogP contribution in [0.25, 0.3) is 0 Å². The molecule has 1 saturated heterocycles. The molecule has 6 nitrogen and oxygen atoms in total. The van der Waals surface area contributed by atoms with E-state index in [4.69, 9.17) is 13.9 Å². The van der Waals surface area contributed by atoms with E-state index in [0.29, 0.717) is 12.8 Å². The Morgan fingerprint density at radius 1 is 1.24 bits per heavy atom. The van der Waals surface area contributed by atoms with Crippen LogP contribution in [0.15, 0.2) is 46.6 Å². The van der Waals surface area contributed by atoms with E-state index in [0.717, 1.165) is 18.4 Å². The van der Waals surface area contributed by atoms with Crippen LogP contribution in [-0.2, 0) is 19.1 Å². The Morgan fingerprint density at radius 3 is 2.73 bits per heavy atom. The Kier molecular flexibility index (Phi) is 4.22. The summed E-state index contributed by atoms with van der Waals surface area (Å²) in [5.41, 5.74) is -1.56. The van der Waals surface area contributed by atoms with Crippen molar-refractivity contribution < 1.29 is 28.3 Å². The van der Waals surface area contributed by atoms with E-state index in [9.17, 15) is 14.4 Å². The molecule has 3 fully saturated rings. The maximum atomic E-state index is 13.2. The molecule has 0 radical (unpaired) electrons. The number of hydrogen-bond acceptors (Lipinski definition) is 6. The summed E-state index contributed by atoms with van der Waals surface area (Å²) in [4.78, 5) is 38.3. The van der Waals surface area contributed by atoms with Gasteiger partial charge in [0.15, 0.2) is 11.4 Å². The fourth-order valence-corrected chi connectivity index (χ4v) is 8.70. The highest BCUT2D eigenvalue weighted by Crippen LogP contribution is 2.76. The van der Waals surface area contributed by atoms with Crippen LogP contribution in [0.2, 0.25) is 0 Å². The molecule has 2 heterocycles. The van der Waals surface area contributed by atoms with Crippen molar-refractivity contribution in [2.75, 3.05) is 0 Å². The molecule has 7 heteroatoms. The highest BCUT2D eigenvalue weighted by Gasteiger charge is 2.82. The summed E-state index contributed by atoms with van der Waals surface area (Å²) in [6, 6.07) is 3.16. The first-order valence-electron chi connectivity index (χ1n) is 11.7. The smallest absolute Gasteiger partial charge is 0.375 e. The minimum Gasteiger partial charge on any atom is -0.457 e. The lowest BCUT2D eigenvalue weighted by molar-refractivity contribution is -0.155. The van der Waals surface area contributed by atoms with Gasteiger partial charge in [0.25, 0.3) is 0 Å². The summed E-state index contributed by atoms with van der Waals surface area (Å²) in [5.74, 6) is -0.375. The number of esters is 1. The predicted molar refractivity (Wildman–Crippen MR) is 122 cm³/mol. The fourth-order valence-electron chi connectivity index (χ4n) is 8.18. The maximum absolute atomic E-state index is 13.2. The molecule has 0 aromatic carbocycles. The van der Waals surface area contributed by atoms with Gasteiger partial charge < -0.3 is 13.9 Å². The molecule has 8 atom stereocenters.